The summed E-state index contributed by atoms with van der Waals surface area (Å²) in [7, 11) is 1.56. The molecule has 0 saturated heterocycles. The number of halogens is 1. The lowest BCUT2D eigenvalue weighted by Gasteiger charge is -2.14. The van der Waals surface area contributed by atoms with Crippen LogP contribution in [-0.4, -0.2) is 41.4 Å². The van der Waals surface area contributed by atoms with E-state index in [0.717, 1.165) is 16.9 Å². The van der Waals surface area contributed by atoms with Gasteiger partial charge in [0.15, 0.2) is 11.5 Å². The number of rotatable bonds is 8. The molecule has 0 N–H and O–H groups in total. The van der Waals surface area contributed by atoms with E-state index in [0.29, 0.717) is 29.7 Å². The van der Waals surface area contributed by atoms with Crippen molar-refractivity contribution in [1.29, 1.82) is 0 Å². The Morgan fingerprint density at radius 2 is 1.89 bits per heavy atom. The summed E-state index contributed by atoms with van der Waals surface area (Å²) in [5.74, 6) is 1.79. The Kier molecular flexibility index (Phi) is 6.27. The highest BCUT2D eigenvalue weighted by atomic mass is 35.5. The maximum absolute atomic E-state index is 6.35. The van der Waals surface area contributed by atoms with E-state index in [1.165, 1.54) is 17.3 Å². The highest BCUT2D eigenvalue weighted by Gasteiger charge is 2.11. The molecular formula is C19H19ClN4O3. The van der Waals surface area contributed by atoms with Gasteiger partial charge in [0, 0.05) is 0 Å². The largest absolute Gasteiger partial charge is 0.493 e. The summed E-state index contributed by atoms with van der Waals surface area (Å²) in [5.41, 5.74) is 1.90. The lowest BCUT2D eigenvalue weighted by atomic mass is 10.2. The highest BCUT2D eigenvalue weighted by molar-refractivity contribution is 6.32. The summed E-state index contributed by atoms with van der Waals surface area (Å²) in [5, 5.41) is 12.0. The van der Waals surface area contributed by atoms with E-state index in [-0.39, 0.29) is 0 Å². The van der Waals surface area contributed by atoms with Gasteiger partial charge in [0.05, 0.1) is 18.3 Å². The van der Waals surface area contributed by atoms with Crippen LogP contribution < -0.4 is 14.2 Å². The topological polar surface area (TPSA) is 70.8 Å². The quantitative estimate of drug-likeness (QED) is 0.437. The van der Waals surface area contributed by atoms with Gasteiger partial charge < -0.3 is 14.2 Å². The Labute approximate surface area is 162 Å². The first-order valence-electron chi connectivity index (χ1n) is 8.24. The van der Waals surface area contributed by atoms with Crippen molar-refractivity contribution in [1.82, 2.24) is 14.9 Å². The second kappa shape index (κ2) is 9.05. The van der Waals surface area contributed by atoms with E-state index in [1.54, 1.807) is 25.5 Å². The molecule has 140 valence electrons. The van der Waals surface area contributed by atoms with Gasteiger partial charge in [0.25, 0.3) is 0 Å². The Hall–Kier alpha value is -3.06. The zero-order valence-electron chi connectivity index (χ0n) is 15.0. The fourth-order valence-electron chi connectivity index (χ4n) is 2.35. The van der Waals surface area contributed by atoms with E-state index in [9.17, 15) is 0 Å². The molecule has 1 heterocycles. The molecule has 0 aliphatic heterocycles. The SMILES string of the molecule is COc1cc(/C=N\n2cnnc2)cc(Cl)c1OCCOc1cccc(C)c1. The lowest BCUT2D eigenvalue weighted by Crippen LogP contribution is -2.10. The fourth-order valence-corrected chi connectivity index (χ4v) is 2.62. The van der Waals surface area contributed by atoms with Crippen LogP contribution in [0.15, 0.2) is 54.2 Å². The molecule has 0 bridgehead atoms. The fraction of sp³-hybridized carbons (Fsp3) is 0.211. The molecule has 3 aromatic rings. The average Bonchev–Trinajstić information content (AvgIpc) is 3.18. The maximum atomic E-state index is 6.35. The number of aromatic nitrogens is 3. The average molecular weight is 387 g/mol. The second-order valence-electron chi connectivity index (χ2n) is 5.63. The number of hydrogen-bond acceptors (Lipinski definition) is 6. The van der Waals surface area contributed by atoms with E-state index in [1.807, 2.05) is 31.2 Å². The van der Waals surface area contributed by atoms with E-state index < -0.39 is 0 Å². The van der Waals surface area contributed by atoms with Crippen LogP contribution >= 0.6 is 11.6 Å². The zero-order valence-corrected chi connectivity index (χ0v) is 15.8. The number of aryl methyl sites for hydroxylation is 1. The van der Waals surface area contributed by atoms with E-state index in [4.69, 9.17) is 25.8 Å². The first-order valence-corrected chi connectivity index (χ1v) is 8.62. The molecule has 0 atom stereocenters. The van der Waals surface area contributed by atoms with Crippen LogP contribution in [0.25, 0.3) is 0 Å². The predicted molar refractivity (Wildman–Crippen MR) is 103 cm³/mol. The minimum Gasteiger partial charge on any atom is -0.493 e. The summed E-state index contributed by atoms with van der Waals surface area (Å²) >= 11 is 6.35. The molecule has 0 radical (unpaired) electrons. The van der Waals surface area contributed by atoms with Crippen molar-refractivity contribution in [2.75, 3.05) is 20.3 Å². The normalized spacial score (nSPS) is 10.9. The maximum Gasteiger partial charge on any atom is 0.179 e. The number of nitrogens with zero attached hydrogens (tertiary/aromatic N) is 4. The third-order valence-electron chi connectivity index (χ3n) is 3.59. The van der Waals surface area contributed by atoms with Gasteiger partial charge in [-0.05, 0) is 42.3 Å². The van der Waals surface area contributed by atoms with Gasteiger partial charge in [0.2, 0.25) is 0 Å². The van der Waals surface area contributed by atoms with Gasteiger partial charge in [-0.2, -0.15) is 5.10 Å². The summed E-state index contributed by atoms with van der Waals surface area (Å²) in [4.78, 5) is 0. The molecule has 3 rings (SSSR count). The van der Waals surface area contributed by atoms with Crippen molar-refractivity contribution < 1.29 is 14.2 Å². The Balaban J connectivity index is 1.62. The van der Waals surface area contributed by atoms with Crippen LogP contribution in [0.3, 0.4) is 0 Å². The Bertz CT molecular complexity index is 913. The van der Waals surface area contributed by atoms with Gasteiger partial charge in [0.1, 0.15) is 31.6 Å². The molecule has 2 aromatic carbocycles. The molecule has 0 spiro atoms. The molecule has 27 heavy (non-hydrogen) atoms. The van der Waals surface area contributed by atoms with E-state index in [2.05, 4.69) is 15.3 Å². The van der Waals surface area contributed by atoms with Crippen molar-refractivity contribution >= 4 is 17.8 Å². The van der Waals surface area contributed by atoms with Crippen LogP contribution in [0.2, 0.25) is 5.02 Å². The van der Waals surface area contributed by atoms with Crippen LogP contribution in [0, 0.1) is 6.92 Å². The number of ether oxygens (including phenoxy) is 3. The first-order chi connectivity index (χ1) is 13.2. The van der Waals surface area contributed by atoms with Gasteiger partial charge in [-0.1, -0.05) is 23.7 Å². The first kappa shape index (κ1) is 18.7. The minimum atomic E-state index is 0.332. The zero-order chi connectivity index (χ0) is 19.1. The molecule has 0 aliphatic rings. The van der Waals surface area contributed by atoms with Crippen molar-refractivity contribution in [2.45, 2.75) is 6.92 Å². The van der Waals surface area contributed by atoms with Gasteiger partial charge in [-0.15, -0.1) is 10.2 Å². The molecule has 8 heteroatoms. The molecular weight excluding hydrogens is 368 g/mol. The van der Waals surface area contributed by atoms with Crippen molar-refractivity contribution in [3.05, 3.63) is 65.2 Å². The third-order valence-corrected chi connectivity index (χ3v) is 3.87. The lowest BCUT2D eigenvalue weighted by molar-refractivity contribution is 0.211. The van der Waals surface area contributed by atoms with Gasteiger partial charge in [-0.3, -0.25) is 0 Å². The smallest absolute Gasteiger partial charge is 0.179 e. The molecule has 7 nitrogen and oxygen atoms in total. The van der Waals surface area contributed by atoms with Gasteiger partial charge in [-0.25, -0.2) is 4.68 Å². The second-order valence-corrected chi connectivity index (χ2v) is 6.04. The number of benzene rings is 2. The molecule has 0 amide bonds. The molecule has 0 unspecified atom stereocenters. The Morgan fingerprint density at radius 3 is 2.63 bits per heavy atom. The standard InChI is InChI=1S/C19H19ClN4O3/c1-14-4-3-5-16(8-14)26-6-7-27-19-17(20)9-15(10-18(19)25-2)11-23-24-12-21-22-13-24/h3-5,8-13H,6-7H2,1-2H3/b23-11-. The molecule has 0 aliphatic carbocycles. The van der Waals surface area contributed by atoms with Crippen LogP contribution in [0.5, 0.6) is 17.2 Å². The van der Waals surface area contributed by atoms with E-state index >= 15 is 0 Å². The monoisotopic (exact) mass is 386 g/mol. The van der Waals surface area contributed by atoms with Crippen molar-refractivity contribution in [2.24, 2.45) is 5.10 Å². The number of hydrogen-bond donors (Lipinski definition) is 0. The molecule has 0 saturated carbocycles. The van der Waals surface area contributed by atoms with Crippen molar-refractivity contribution in [3.8, 4) is 17.2 Å². The van der Waals surface area contributed by atoms with Crippen LogP contribution in [-0.2, 0) is 0 Å². The highest BCUT2D eigenvalue weighted by Crippen LogP contribution is 2.36. The van der Waals surface area contributed by atoms with Crippen molar-refractivity contribution in [3.63, 3.8) is 0 Å². The van der Waals surface area contributed by atoms with Gasteiger partial charge >= 0.3 is 0 Å². The predicted octanol–water partition coefficient (Wildman–Crippen LogP) is 3.59. The number of methoxy groups -OCH3 is 1. The molecule has 1 aromatic heterocycles. The minimum absolute atomic E-state index is 0.332. The van der Waals surface area contributed by atoms with Crippen LogP contribution in [0.1, 0.15) is 11.1 Å². The summed E-state index contributed by atoms with van der Waals surface area (Å²) < 4.78 is 18.3. The third kappa shape index (κ3) is 5.21. The summed E-state index contributed by atoms with van der Waals surface area (Å²) in [6.07, 6.45) is 4.60. The Morgan fingerprint density at radius 1 is 1.11 bits per heavy atom. The van der Waals surface area contributed by atoms with Crippen LogP contribution in [0.4, 0.5) is 0 Å². The summed E-state index contributed by atoms with van der Waals surface area (Å²) in [6.45, 7) is 2.74. The molecule has 0 fully saturated rings. The summed E-state index contributed by atoms with van der Waals surface area (Å²) in [6, 6.07) is 11.4.